The van der Waals surface area contributed by atoms with Crippen molar-refractivity contribution < 1.29 is 19.1 Å². The normalized spacial score (nSPS) is 14.1. The maximum atomic E-state index is 11.5. The molecule has 8 nitrogen and oxygen atoms in total. The Morgan fingerprint density at radius 2 is 1.74 bits per heavy atom. The van der Waals surface area contributed by atoms with Gasteiger partial charge in [0.1, 0.15) is 30.3 Å². The molecular weight excluding hydrogens is 470 g/mol. The summed E-state index contributed by atoms with van der Waals surface area (Å²) in [7, 11) is 1.82. The Balaban J connectivity index is 1.53. The maximum absolute atomic E-state index is 11.5. The first-order chi connectivity index (χ1) is 16.4. The van der Waals surface area contributed by atoms with Gasteiger partial charge < -0.3 is 24.9 Å². The molecule has 34 heavy (non-hydrogen) atoms. The number of nitrogens with one attached hydrogen (secondary N) is 3. The Morgan fingerprint density at radius 3 is 2.41 bits per heavy atom. The van der Waals surface area contributed by atoms with Crippen LogP contribution in [0.25, 0.3) is 28.1 Å². The van der Waals surface area contributed by atoms with Gasteiger partial charge in [0.2, 0.25) is 0 Å². The summed E-state index contributed by atoms with van der Waals surface area (Å²) in [6.07, 6.45) is 3.59. The van der Waals surface area contributed by atoms with Crippen molar-refractivity contribution in [1.82, 2.24) is 20.4 Å². The number of carbonyl (C=O) groups excluding carboxylic acids is 2. The number of hydrogen-bond donors (Lipinski definition) is 3. The first-order valence-electron chi connectivity index (χ1n) is 10.8. The summed E-state index contributed by atoms with van der Waals surface area (Å²) in [5.41, 5.74) is 8.59. The molecule has 2 aliphatic heterocycles. The van der Waals surface area contributed by atoms with Crippen LogP contribution in [0.3, 0.4) is 0 Å². The molecule has 0 saturated carbocycles. The minimum atomic E-state index is -0.0177. The predicted molar refractivity (Wildman–Crippen MR) is 136 cm³/mol. The van der Waals surface area contributed by atoms with Crippen LogP contribution in [0.15, 0.2) is 36.7 Å². The monoisotopic (exact) mass is 494 g/mol. The fourth-order valence-electron chi connectivity index (χ4n) is 4.18. The molecule has 0 saturated heterocycles. The van der Waals surface area contributed by atoms with Crippen molar-refractivity contribution in [3.05, 3.63) is 53.4 Å². The lowest BCUT2D eigenvalue weighted by Crippen LogP contribution is -2.16. The quantitative estimate of drug-likeness (QED) is 0.411. The minimum absolute atomic E-state index is 0.0163. The molecule has 3 N–H and O–H groups in total. The molecule has 3 aromatic rings. The second kappa shape index (κ2) is 9.21. The maximum Gasteiger partial charge on any atom is 0.168 e. The number of ether oxygens (including phenoxy) is 2. The van der Waals surface area contributed by atoms with E-state index in [9.17, 15) is 9.59 Å². The summed E-state index contributed by atoms with van der Waals surface area (Å²) in [6.45, 7) is 3.96. The summed E-state index contributed by atoms with van der Waals surface area (Å²) in [6, 6.07) is 8.19. The number of aromatic amines is 1. The van der Waals surface area contributed by atoms with Gasteiger partial charge in [0.15, 0.2) is 11.0 Å². The van der Waals surface area contributed by atoms with Gasteiger partial charge in [-0.05, 0) is 31.2 Å². The zero-order valence-corrected chi connectivity index (χ0v) is 21.0. The molecular formula is C24H24N4O4P2. The van der Waals surface area contributed by atoms with Gasteiger partial charge >= 0.3 is 0 Å². The lowest BCUT2D eigenvalue weighted by atomic mass is 9.87. The van der Waals surface area contributed by atoms with E-state index < -0.39 is 0 Å². The molecule has 5 rings (SSSR count). The van der Waals surface area contributed by atoms with Crippen LogP contribution in [0.4, 0.5) is 0 Å². The molecule has 2 unspecified atom stereocenters. The summed E-state index contributed by atoms with van der Waals surface area (Å²) < 4.78 is 12.4. The summed E-state index contributed by atoms with van der Waals surface area (Å²) in [5, 5.41) is 6.26. The van der Waals surface area contributed by atoms with E-state index in [1.165, 1.54) is 0 Å². The van der Waals surface area contributed by atoms with Gasteiger partial charge in [0, 0.05) is 70.9 Å². The first-order valence-corrected chi connectivity index (χ1v) is 12.8. The molecule has 0 bridgehead atoms. The number of aromatic nitrogens is 2. The molecule has 1 aromatic heterocycles. The van der Waals surface area contributed by atoms with Crippen molar-refractivity contribution in [3.63, 3.8) is 0 Å². The van der Waals surface area contributed by atoms with Crippen LogP contribution in [0.2, 0.25) is 0 Å². The zero-order chi connectivity index (χ0) is 23.8. The van der Waals surface area contributed by atoms with Gasteiger partial charge in [-0.25, -0.2) is 4.98 Å². The Labute approximate surface area is 200 Å². The van der Waals surface area contributed by atoms with Crippen molar-refractivity contribution in [1.29, 1.82) is 0 Å². The van der Waals surface area contributed by atoms with Crippen LogP contribution in [-0.4, -0.2) is 28.1 Å². The molecule has 0 radical (unpaired) electrons. The molecule has 0 aliphatic carbocycles. The molecule has 0 spiro atoms. The van der Waals surface area contributed by atoms with Gasteiger partial charge in [-0.1, -0.05) is 0 Å². The standard InChI is InChI=1S/C24H24N4O4P2/c1-12(29)33-24-26-9-18(27-24)14-4-16-10-32-21-7-15(19(8-25-3)28-34-13(2)30)5-17-11-31-20(6-14)22(16)23(17)21/h4-9,25,28,33-34H,10-11H2,1-3H3,(H,26,27)/b19-8-. The number of nitrogens with zero attached hydrogens (tertiary/aromatic N) is 1. The highest BCUT2D eigenvalue weighted by Gasteiger charge is 2.30. The smallest absolute Gasteiger partial charge is 0.168 e. The summed E-state index contributed by atoms with van der Waals surface area (Å²) in [5.74, 6) is 1.61. The van der Waals surface area contributed by atoms with E-state index in [1.807, 2.05) is 25.4 Å². The van der Waals surface area contributed by atoms with Gasteiger partial charge in [0.25, 0.3) is 0 Å². The Morgan fingerprint density at radius 1 is 1.03 bits per heavy atom. The van der Waals surface area contributed by atoms with Gasteiger partial charge in [-0.2, -0.15) is 0 Å². The highest BCUT2D eigenvalue weighted by molar-refractivity contribution is 7.64. The van der Waals surface area contributed by atoms with Crippen molar-refractivity contribution >= 4 is 39.6 Å². The molecule has 10 heteroatoms. The van der Waals surface area contributed by atoms with E-state index in [0.717, 1.165) is 56.3 Å². The Kier molecular flexibility index (Phi) is 6.11. The highest BCUT2D eigenvalue weighted by Crippen LogP contribution is 2.50. The van der Waals surface area contributed by atoms with Crippen LogP contribution in [-0.2, 0) is 22.8 Å². The average Bonchev–Trinajstić information content (AvgIpc) is 3.27. The van der Waals surface area contributed by atoms with E-state index >= 15 is 0 Å². The lowest BCUT2D eigenvalue weighted by Gasteiger charge is -2.30. The van der Waals surface area contributed by atoms with Gasteiger partial charge in [0.05, 0.1) is 17.6 Å². The average molecular weight is 494 g/mol. The van der Waals surface area contributed by atoms with Crippen molar-refractivity contribution in [2.75, 3.05) is 7.05 Å². The van der Waals surface area contributed by atoms with E-state index in [-0.39, 0.29) is 28.4 Å². The van der Waals surface area contributed by atoms with Crippen molar-refractivity contribution in [3.8, 4) is 33.9 Å². The number of rotatable bonds is 8. The number of carbonyl (C=O) groups is 2. The van der Waals surface area contributed by atoms with Crippen LogP contribution in [0.1, 0.15) is 30.5 Å². The number of hydrogen-bond acceptors (Lipinski definition) is 7. The molecule has 0 fully saturated rings. The molecule has 2 aliphatic rings. The number of H-pyrrole nitrogens is 1. The van der Waals surface area contributed by atoms with E-state index in [1.54, 1.807) is 20.0 Å². The molecule has 0 amide bonds. The molecule has 174 valence electrons. The first kappa shape index (κ1) is 22.6. The van der Waals surface area contributed by atoms with Crippen LogP contribution in [0.5, 0.6) is 11.5 Å². The Hall–Kier alpha value is -3.21. The SMILES string of the molecule is CN/C=C(\NPC(C)=O)c1cc2c3c(c1)OCc1cc(-c4cnc(PC(C)=O)[nH]4)cc(c1-3)OC2. The van der Waals surface area contributed by atoms with E-state index in [4.69, 9.17) is 9.47 Å². The molecule has 2 aromatic carbocycles. The van der Waals surface area contributed by atoms with Gasteiger partial charge in [-0.15, -0.1) is 0 Å². The third-order valence-corrected chi connectivity index (χ3v) is 7.13. The van der Waals surface area contributed by atoms with E-state index in [2.05, 4.69) is 32.5 Å². The molecule has 3 heterocycles. The third kappa shape index (κ3) is 4.31. The van der Waals surface area contributed by atoms with Gasteiger partial charge in [-0.3, -0.25) is 9.59 Å². The van der Waals surface area contributed by atoms with Crippen LogP contribution >= 0.6 is 17.3 Å². The van der Waals surface area contributed by atoms with Crippen molar-refractivity contribution in [2.45, 2.75) is 27.1 Å². The zero-order valence-electron chi connectivity index (χ0n) is 19.0. The summed E-state index contributed by atoms with van der Waals surface area (Å²) in [4.78, 5) is 30.5. The second-order valence-electron chi connectivity index (χ2n) is 8.07. The highest BCUT2D eigenvalue weighted by atomic mass is 31.1. The number of imidazole rings is 1. The fraction of sp³-hybridized carbons (Fsp3) is 0.208. The largest absolute Gasteiger partial charge is 0.488 e. The van der Waals surface area contributed by atoms with E-state index in [0.29, 0.717) is 18.8 Å². The van der Waals surface area contributed by atoms with Crippen molar-refractivity contribution in [2.24, 2.45) is 0 Å². The molecule has 2 atom stereocenters. The third-order valence-electron chi connectivity index (χ3n) is 5.54. The second-order valence-corrected chi connectivity index (χ2v) is 10.7. The minimum Gasteiger partial charge on any atom is -0.488 e. The fourth-order valence-corrected chi connectivity index (χ4v) is 5.37. The predicted octanol–water partition coefficient (Wildman–Crippen LogP) is 3.63. The lowest BCUT2D eigenvalue weighted by molar-refractivity contribution is -0.110. The topological polar surface area (TPSA) is 105 Å². The number of benzene rings is 2. The summed E-state index contributed by atoms with van der Waals surface area (Å²) >= 11 is 0. The Bertz CT molecular complexity index is 1300. The van der Waals surface area contributed by atoms with Crippen LogP contribution in [0, 0.1) is 0 Å². The van der Waals surface area contributed by atoms with Crippen LogP contribution < -0.4 is 25.4 Å².